The molecule has 5 heteroatoms. The van der Waals surface area contributed by atoms with Gasteiger partial charge in [0.15, 0.2) is 0 Å². The molecule has 2 rings (SSSR count). The molecule has 1 aromatic rings. The van der Waals surface area contributed by atoms with E-state index < -0.39 is 0 Å². The van der Waals surface area contributed by atoms with Crippen molar-refractivity contribution >= 4 is 5.91 Å². The molecule has 21 heavy (non-hydrogen) atoms. The first-order valence-corrected chi connectivity index (χ1v) is 7.80. The Balaban J connectivity index is 1.83. The second kappa shape index (κ2) is 8.10. The number of rotatable bonds is 7. The predicted molar refractivity (Wildman–Crippen MR) is 83.7 cm³/mol. The molecule has 1 aliphatic heterocycles. The van der Waals surface area contributed by atoms with Gasteiger partial charge in [-0.1, -0.05) is 6.07 Å². The smallest absolute Gasteiger partial charge is 0.223 e. The number of carbonyl (C=O) groups is 1. The standard InChI is InChI=1S/C16H26N4O/c1-19(10-4-8-17)16(21)7-12-20-11-3-6-15(20)14-5-2-9-18-13-14/h2,5,9,13,15H,3-4,6-8,10-12,17H2,1H3. The number of nitrogens with zero attached hydrogens (tertiary/aromatic N) is 3. The van der Waals surface area contributed by atoms with Gasteiger partial charge < -0.3 is 10.6 Å². The number of likely N-dealkylation sites (tertiary alicyclic amines) is 1. The molecule has 2 N–H and O–H groups in total. The van der Waals surface area contributed by atoms with Crippen LogP contribution >= 0.6 is 0 Å². The van der Waals surface area contributed by atoms with Crippen LogP contribution in [0.15, 0.2) is 24.5 Å². The zero-order chi connectivity index (χ0) is 15.1. The molecular formula is C16H26N4O. The molecule has 0 saturated carbocycles. The summed E-state index contributed by atoms with van der Waals surface area (Å²) < 4.78 is 0. The minimum atomic E-state index is 0.209. The molecule has 0 radical (unpaired) electrons. The van der Waals surface area contributed by atoms with Crippen molar-refractivity contribution in [2.24, 2.45) is 5.73 Å². The topological polar surface area (TPSA) is 62.5 Å². The van der Waals surface area contributed by atoms with E-state index in [1.807, 2.05) is 19.3 Å². The number of aromatic nitrogens is 1. The van der Waals surface area contributed by atoms with Gasteiger partial charge in [0.2, 0.25) is 5.91 Å². The van der Waals surface area contributed by atoms with Crippen LogP contribution in [0, 0.1) is 0 Å². The van der Waals surface area contributed by atoms with Crippen LogP contribution < -0.4 is 5.73 Å². The Labute approximate surface area is 127 Å². The first kappa shape index (κ1) is 15.9. The maximum absolute atomic E-state index is 12.1. The molecule has 0 spiro atoms. The van der Waals surface area contributed by atoms with Crippen molar-refractivity contribution in [3.63, 3.8) is 0 Å². The molecule has 5 nitrogen and oxygen atoms in total. The van der Waals surface area contributed by atoms with Crippen molar-refractivity contribution < 1.29 is 4.79 Å². The summed E-state index contributed by atoms with van der Waals surface area (Å²) in [4.78, 5) is 20.5. The summed E-state index contributed by atoms with van der Waals surface area (Å²) in [5, 5.41) is 0. The minimum absolute atomic E-state index is 0.209. The van der Waals surface area contributed by atoms with Gasteiger partial charge in [-0.3, -0.25) is 14.7 Å². The average Bonchev–Trinajstić information content (AvgIpc) is 2.99. The van der Waals surface area contributed by atoms with Crippen molar-refractivity contribution in [2.45, 2.75) is 31.7 Å². The van der Waals surface area contributed by atoms with E-state index in [0.29, 0.717) is 19.0 Å². The molecule has 1 amide bonds. The van der Waals surface area contributed by atoms with Crippen LogP contribution in [-0.4, -0.2) is 53.9 Å². The normalized spacial score (nSPS) is 18.9. The lowest BCUT2D eigenvalue weighted by atomic mass is 10.1. The van der Waals surface area contributed by atoms with E-state index in [9.17, 15) is 4.79 Å². The summed E-state index contributed by atoms with van der Waals surface area (Å²) in [7, 11) is 1.86. The highest BCUT2D eigenvalue weighted by Gasteiger charge is 2.26. The van der Waals surface area contributed by atoms with E-state index >= 15 is 0 Å². The number of pyridine rings is 1. The van der Waals surface area contributed by atoms with E-state index in [-0.39, 0.29) is 5.91 Å². The Hall–Kier alpha value is -1.46. The first-order chi connectivity index (χ1) is 10.2. The minimum Gasteiger partial charge on any atom is -0.346 e. The van der Waals surface area contributed by atoms with E-state index in [0.717, 1.165) is 32.5 Å². The zero-order valence-corrected chi connectivity index (χ0v) is 12.9. The van der Waals surface area contributed by atoms with E-state index in [1.165, 1.54) is 12.0 Å². The summed E-state index contributed by atoms with van der Waals surface area (Å²) in [5.41, 5.74) is 6.74. The molecule has 2 heterocycles. The van der Waals surface area contributed by atoms with Crippen LogP contribution in [0.5, 0.6) is 0 Å². The number of nitrogens with two attached hydrogens (primary N) is 1. The Bertz CT molecular complexity index is 437. The van der Waals surface area contributed by atoms with E-state index in [4.69, 9.17) is 5.73 Å². The summed E-state index contributed by atoms with van der Waals surface area (Å²) in [6.45, 7) is 3.28. The summed E-state index contributed by atoms with van der Waals surface area (Å²) in [6.07, 6.45) is 7.54. The molecule has 116 valence electrons. The third-order valence-electron chi connectivity index (χ3n) is 4.17. The average molecular weight is 290 g/mol. The fraction of sp³-hybridized carbons (Fsp3) is 0.625. The molecule has 0 aromatic carbocycles. The maximum Gasteiger partial charge on any atom is 0.223 e. The van der Waals surface area contributed by atoms with Gasteiger partial charge in [-0.2, -0.15) is 0 Å². The van der Waals surface area contributed by atoms with Gasteiger partial charge >= 0.3 is 0 Å². The third kappa shape index (κ3) is 4.51. The van der Waals surface area contributed by atoms with Crippen molar-refractivity contribution in [2.75, 3.05) is 33.2 Å². The predicted octanol–water partition coefficient (Wildman–Crippen LogP) is 1.42. The molecule has 0 bridgehead atoms. The fourth-order valence-corrected chi connectivity index (χ4v) is 2.93. The van der Waals surface area contributed by atoms with Gasteiger partial charge in [0.25, 0.3) is 0 Å². The zero-order valence-electron chi connectivity index (χ0n) is 12.9. The monoisotopic (exact) mass is 290 g/mol. The second-order valence-electron chi connectivity index (χ2n) is 5.69. The van der Waals surface area contributed by atoms with Crippen LogP contribution in [0.4, 0.5) is 0 Å². The third-order valence-corrected chi connectivity index (χ3v) is 4.17. The van der Waals surface area contributed by atoms with Crippen LogP contribution in [0.1, 0.15) is 37.3 Å². The lowest BCUT2D eigenvalue weighted by Gasteiger charge is -2.25. The fourth-order valence-electron chi connectivity index (χ4n) is 2.93. The molecular weight excluding hydrogens is 264 g/mol. The number of carbonyl (C=O) groups excluding carboxylic acids is 1. The number of amides is 1. The Morgan fingerprint density at radius 2 is 2.43 bits per heavy atom. The van der Waals surface area contributed by atoms with Gasteiger partial charge in [0.1, 0.15) is 0 Å². The SMILES string of the molecule is CN(CCCN)C(=O)CCN1CCCC1c1cccnc1. The highest BCUT2D eigenvalue weighted by atomic mass is 16.2. The van der Waals surface area contributed by atoms with Crippen molar-refractivity contribution in [3.8, 4) is 0 Å². The van der Waals surface area contributed by atoms with Gasteiger partial charge in [0.05, 0.1) is 0 Å². The maximum atomic E-state index is 12.1. The van der Waals surface area contributed by atoms with Gasteiger partial charge in [-0.25, -0.2) is 0 Å². The van der Waals surface area contributed by atoms with Gasteiger partial charge in [-0.15, -0.1) is 0 Å². The first-order valence-electron chi connectivity index (χ1n) is 7.80. The largest absolute Gasteiger partial charge is 0.346 e. The molecule has 1 unspecified atom stereocenters. The summed E-state index contributed by atoms with van der Waals surface area (Å²) in [5.74, 6) is 0.209. The molecule has 1 aromatic heterocycles. The van der Waals surface area contributed by atoms with Crippen molar-refractivity contribution in [3.05, 3.63) is 30.1 Å². The molecule has 1 saturated heterocycles. The highest BCUT2D eigenvalue weighted by Crippen LogP contribution is 2.31. The van der Waals surface area contributed by atoms with E-state index in [2.05, 4.69) is 16.0 Å². The molecule has 1 atom stereocenters. The quantitative estimate of drug-likeness (QED) is 0.825. The Morgan fingerprint density at radius 1 is 1.57 bits per heavy atom. The summed E-state index contributed by atoms with van der Waals surface area (Å²) >= 11 is 0. The molecule has 1 fully saturated rings. The van der Waals surface area contributed by atoms with Crippen LogP contribution in [-0.2, 0) is 4.79 Å². The lowest BCUT2D eigenvalue weighted by molar-refractivity contribution is -0.130. The molecule has 1 aliphatic rings. The van der Waals surface area contributed by atoms with Crippen LogP contribution in [0.25, 0.3) is 0 Å². The van der Waals surface area contributed by atoms with Crippen LogP contribution in [0.2, 0.25) is 0 Å². The molecule has 0 aliphatic carbocycles. The number of hydrogen-bond donors (Lipinski definition) is 1. The second-order valence-corrected chi connectivity index (χ2v) is 5.69. The van der Waals surface area contributed by atoms with Crippen molar-refractivity contribution in [1.29, 1.82) is 0 Å². The number of hydrogen-bond acceptors (Lipinski definition) is 4. The van der Waals surface area contributed by atoms with Crippen LogP contribution in [0.3, 0.4) is 0 Å². The van der Waals surface area contributed by atoms with Gasteiger partial charge in [-0.05, 0) is 44.0 Å². The Morgan fingerprint density at radius 3 is 3.14 bits per heavy atom. The summed E-state index contributed by atoms with van der Waals surface area (Å²) in [6, 6.07) is 4.53. The Kier molecular flexibility index (Phi) is 6.14. The van der Waals surface area contributed by atoms with Crippen molar-refractivity contribution in [1.82, 2.24) is 14.8 Å². The van der Waals surface area contributed by atoms with Gasteiger partial charge in [0, 0.05) is 45.0 Å². The lowest BCUT2D eigenvalue weighted by Crippen LogP contribution is -2.33. The van der Waals surface area contributed by atoms with E-state index in [1.54, 1.807) is 11.1 Å². The highest BCUT2D eigenvalue weighted by molar-refractivity contribution is 5.76.